The van der Waals surface area contributed by atoms with E-state index in [0.29, 0.717) is 32.5 Å². The molecule has 23 heavy (non-hydrogen) atoms. The molecule has 1 N–H and O–H groups in total. The number of benzene rings is 1. The maximum Gasteiger partial charge on any atom is 0.228 e. The molecule has 120 valence electrons. The first-order valence-corrected chi connectivity index (χ1v) is 7.84. The molecule has 1 saturated heterocycles. The third-order valence-electron chi connectivity index (χ3n) is 4.07. The van der Waals surface area contributed by atoms with Gasteiger partial charge in [0.2, 0.25) is 11.8 Å². The molecule has 5 nitrogen and oxygen atoms in total. The van der Waals surface area contributed by atoms with Gasteiger partial charge in [-0.2, -0.15) is 0 Å². The lowest BCUT2D eigenvalue weighted by Crippen LogP contribution is -2.44. The monoisotopic (exact) mass is 312 g/mol. The van der Waals surface area contributed by atoms with Crippen LogP contribution in [0.25, 0.3) is 0 Å². The van der Waals surface area contributed by atoms with E-state index in [2.05, 4.69) is 5.32 Å². The topological polar surface area (TPSA) is 62.6 Å². The SMILES string of the molecule is O=C1CCC(C(=O)N(Cc2ccccc2)Cc2ccco2)CN1. The summed E-state index contributed by atoms with van der Waals surface area (Å²) in [4.78, 5) is 26.0. The maximum atomic E-state index is 12.9. The lowest BCUT2D eigenvalue weighted by atomic mass is 9.97. The summed E-state index contributed by atoms with van der Waals surface area (Å²) in [7, 11) is 0. The van der Waals surface area contributed by atoms with Crippen LogP contribution in [0.5, 0.6) is 0 Å². The third kappa shape index (κ3) is 4.00. The van der Waals surface area contributed by atoms with Crippen LogP contribution in [0.15, 0.2) is 53.1 Å². The fourth-order valence-electron chi connectivity index (χ4n) is 2.81. The Kier molecular flexibility index (Phi) is 4.76. The number of rotatable bonds is 5. The molecule has 1 aromatic carbocycles. The van der Waals surface area contributed by atoms with Crippen molar-refractivity contribution in [1.82, 2.24) is 10.2 Å². The number of amides is 2. The van der Waals surface area contributed by atoms with Crippen LogP contribution in [-0.2, 0) is 22.7 Å². The molecule has 1 aromatic heterocycles. The van der Waals surface area contributed by atoms with Crippen molar-refractivity contribution in [3.8, 4) is 0 Å². The van der Waals surface area contributed by atoms with Gasteiger partial charge < -0.3 is 14.6 Å². The summed E-state index contributed by atoms with van der Waals surface area (Å²) in [5.74, 6) is 0.681. The summed E-state index contributed by atoms with van der Waals surface area (Å²) in [6.07, 6.45) is 2.63. The van der Waals surface area contributed by atoms with Crippen molar-refractivity contribution in [1.29, 1.82) is 0 Å². The molecule has 1 fully saturated rings. The van der Waals surface area contributed by atoms with Gasteiger partial charge in [0.1, 0.15) is 5.76 Å². The highest BCUT2D eigenvalue weighted by Gasteiger charge is 2.28. The largest absolute Gasteiger partial charge is 0.467 e. The number of hydrogen-bond donors (Lipinski definition) is 1. The van der Waals surface area contributed by atoms with E-state index in [-0.39, 0.29) is 17.7 Å². The zero-order valence-corrected chi connectivity index (χ0v) is 12.9. The predicted molar refractivity (Wildman–Crippen MR) is 85.1 cm³/mol. The van der Waals surface area contributed by atoms with Crippen molar-refractivity contribution in [3.05, 3.63) is 60.1 Å². The van der Waals surface area contributed by atoms with Gasteiger partial charge in [-0.05, 0) is 24.1 Å². The van der Waals surface area contributed by atoms with Crippen molar-refractivity contribution in [3.63, 3.8) is 0 Å². The minimum absolute atomic E-state index is 0.0229. The standard InChI is InChI=1S/C18H20N2O3/c21-17-9-8-15(11-19-17)18(22)20(13-16-7-4-10-23-16)12-14-5-2-1-3-6-14/h1-7,10,15H,8-9,11-13H2,(H,19,21). The Morgan fingerprint density at radius 3 is 2.65 bits per heavy atom. The van der Waals surface area contributed by atoms with Crippen LogP contribution < -0.4 is 5.32 Å². The van der Waals surface area contributed by atoms with E-state index in [1.165, 1.54) is 0 Å². The number of carbonyl (C=O) groups is 2. The van der Waals surface area contributed by atoms with Gasteiger partial charge in [0, 0.05) is 19.5 Å². The van der Waals surface area contributed by atoms with Crippen LogP contribution in [0.3, 0.4) is 0 Å². The Morgan fingerprint density at radius 2 is 2.00 bits per heavy atom. The fourth-order valence-corrected chi connectivity index (χ4v) is 2.81. The van der Waals surface area contributed by atoms with E-state index in [4.69, 9.17) is 4.42 Å². The van der Waals surface area contributed by atoms with E-state index < -0.39 is 0 Å². The van der Waals surface area contributed by atoms with Crippen LogP contribution in [0, 0.1) is 5.92 Å². The number of carbonyl (C=O) groups excluding carboxylic acids is 2. The Bertz CT molecular complexity index is 642. The van der Waals surface area contributed by atoms with Crippen molar-refractivity contribution < 1.29 is 14.0 Å². The second-order valence-electron chi connectivity index (χ2n) is 5.80. The Morgan fingerprint density at radius 1 is 1.17 bits per heavy atom. The average molecular weight is 312 g/mol. The Hall–Kier alpha value is -2.56. The molecule has 5 heteroatoms. The summed E-state index contributed by atoms with van der Waals surface area (Å²) in [6, 6.07) is 13.6. The number of hydrogen-bond acceptors (Lipinski definition) is 3. The summed E-state index contributed by atoms with van der Waals surface area (Å²) >= 11 is 0. The highest BCUT2D eigenvalue weighted by Crippen LogP contribution is 2.18. The zero-order valence-electron chi connectivity index (χ0n) is 12.9. The first-order chi connectivity index (χ1) is 11.2. The summed E-state index contributed by atoms with van der Waals surface area (Å²) in [6.45, 7) is 1.39. The minimum Gasteiger partial charge on any atom is -0.467 e. The van der Waals surface area contributed by atoms with Crippen molar-refractivity contribution in [2.45, 2.75) is 25.9 Å². The summed E-state index contributed by atoms with van der Waals surface area (Å²) < 4.78 is 5.39. The second-order valence-corrected chi connectivity index (χ2v) is 5.80. The molecule has 0 radical (unpaired) electrons. The number of nitrogens with one attached hydrogen (secondary N) is 1. The zero-order chi connectivity index (χ0) is 16.1. The molecule has 2 heterocycles. The highest BCUT2D eigenvalue weighted by atomic mass is 16.3. The van der Waals surface area contributed by atoms with Gasteiger partial charge in [-0.1, -0.05) is 30.3 Å². The second kappa shape index (κ2) is 7.13. The predicted octanol–water partition coefficient (Wildman–Crippen LogP) is 2.33. The van der Waals surface area contributed by atoms with Crippen LogP contribution in [0.2, 0.25) is 0 Å². The molecule has 1 aliphatic heterocycles. The van der Waals surface area contributed by atoms with Crippen molar-refractivity contribution >= 4 is 11.8 Å². The van der Waals surface area contributed by atoms with Gasteiger partial charge >= 0.3 is 0 Å². The van der Waals surface area contributed by atoms with Crippen LogP contribution in [0.1, 0.15) is 24.2 Å². The van der Waals surface area contributed by atoms with Crippen LogP contribution in [0.4, 0.5) is 0 Å². The van der Waals surface area contributed by atoms with Crippen molar-refractivity contribution in [2.24, 2.45) is 5.92 Å². The van der Waals surface area contributed by atoms with Gasteiger partial charge in [0.05, 0.1) is 18.7 Å². The molecular formula is C18H20N2O3. The number of nitrogens with zero attached hydrogens (tertiary/aromatic N) is 1. The quantitative estimate of drug-likeness (QED) is 0.921. The molecule has 0 bridgehead atoms. The number of piperidine rings is 1. The van der Waals surface area contributed by atoms with E-state index in [0.717, 1.165) is 11.3 Å². The van der Waals surface area contributed by atoms with E-state index in [1.807, 2.05) is 42.5 Å². The van der Waals surface area contributed by atoms with E-state index >= 15 is 0 Å². The smallest absolute Gasteiger partial charge is 0.228 e. The van der Waals surface area contributed by atoms with Crippen LogP contribution >= 0.6 is 0 Å². The third-order valence-corrected chi connectivity index (χ3v) is 4.07. The average Bonchev–Trinajstić information content (AvgIpc) is 3.08. The van der Waals surface area contributed by atoms with Crippen molar-refractivity contribution in [2.75, 3.05) is 6.54 Å². The Labute approximate surface area is 135 Å². The van der Waals surface area contributed by atoms with Gasteiger partial charge in [-0.3, -0.25) is 9.59 Å². The molecule has 1 atom stereocenters. The minimum atomic E-state index is -0.161. The van der Waals surface area contributed by atoms with Gasteiger partial charge in [0.25, 0.3) is 0 Å². The molecule has 0 spiro atoms. The van der Waals surface area contributed by atoms with Crippen LogP contribution in [-0.4, -0.2) is 23.3 Å². The van der Waals surface area contributed by atoms with Gasteiger partial charge in [0.15, 0.2) is 0 Å². The maximum absolute atomic E-state index is 12.9. The molecular weight excluding hydrogens is 292 g/mol. The molecule has 1 unspecified atom stereocenters. The lowest BCUT2D eigenvalue weighted by molar-refractivity contribution is -0.139. The fraction of sp³-hybridized carbons (Fsp3) is 0.333. The van der Waals surface area contributed by atoms with Gasteiger partial charge in [-0.15, -0.1) is 0 Å². The molecule has 0 aliphatic carbocycles. The number of furan rings is 1. The molecule has 3 rings (SSSR count). The summed E-state index contributed by atoms with van der Waals surface area (Å²) in [5.41, 5.74) is 1.08. The molecule has 2 amide bonds. The molecule has 1 aliphatic rings. The van der Waals surface area contributed by atoms with Gasteiger partial charge in [-0.25, -0.2) is 0 Å². The Balaban J connectivity index is 1.73. The highest BCUT2D eigenvalue weighted by molar-refractivity contribution is 5.83. The normalized spacial score (nSPS) is 17.6. The molecule has 2 aromatic rings. The summed E-state index contributed by atoms with van der Waals surface area (Å²) in [5, 5.41) is 2.78. The first-order valence-electron chi connectivity index (χ1n) is 7.84. The van der Waals surface area contributed by atoms with E-state index in [9.17, 15) is 9.59 Å². The first kappa shape index (κ1) is 15.3. The lowest BCUT2D eigenvalue weighted by Gasteiger charge is -2.29. The molecule has 0 saturated carbocycles. The van der Waals surface area contributed by atoms with E-state index in [1.54, 1.807) is 11.2 Å².